The van der Waals surface area contributed by atoms with Gasteiger partial charge in [0, 0.05) is 35.4 Å². The predicted octanol–water partition coefficient (Wildman–Crippen LogP) is 3.27. The van der Waals surface area contributed by atoms with Gasteiger partial charge in [-0.05, 0) is 37.8 Å². The van der Waals surface area contributed by atoms with E-state index in [0.29, 0.717) is 0 Å². The van der Waals surface area contributed by atoms with Gasteiger partial charge in [0.25, 0.3) is 5.69 Å². The van der Waals surface area contributed by atoms with Gasteiger partial charge in [-0.15, -0.1) is 0 Å². The average Bonchev–Trinajstić information content (AvgIpc) is 3.19. The fourth-order valence-electron chi connectivity index (χ4n) is 2.18. The third-order valence-electron chi connectivity index (χ3n) is 3.41. The number of anilines is 1. The Labute approximate surface area is 110 Å². The molecule has 1 fully saturated rings. The maximum atomic E-state index is 10.9. The first-order valence-corrected chi connectivity index (χ1v) is 6.43. The second-order valence-corrected chi connectivity index (χ2v) is 5.09. The van der Waals surface area contributed by atoms with Crippen LogP contribution in [-0.2, 0) is 0 Å². The van der Waals surface area contributed by atoms with Crippen molar-refractivity contribution in [2.75, 3.05) is 11.9 Å². The molecule has 1 aromatic carbocycles. The monoisotopic (exact) mass is 257 g/mol. The van der Waals surface area contributed by atoms with E-state index in [1.807, 2.05) is 13.0 Å². The maximum absolute atomic E-state index is 10.9. The molecule has 0 aliphatic heterocycles. The number of benzene rings is 1. The van der Waals surface area contributed by atoms with E-state index in [1.54, 1.807) is 12.1 Å². The lowest BCUT2D eigenvalue weighted by Gasteiger charge is -2.10. The molecular weight excluding hydrogens is 242 g/mol. The van der Waals surface area contributed by atoms with Gasteiger partial charge in [-0.1, -0.05) is 0 Å². The zero-order valence-corrected chi connectivity index (χ0v) is 10.7. The highest BCUT2D eigenvalue weighted by atomic mass is 16.6. The first kappa shape index (κ1) is 11.9. The van der Waals surface area contributed by atoms with Gasteiger partial charge < -0.3 is 5.32 Å². The molecule has 0 atom stereocenters. The summed E-state index contributed by atoms with van der Waals surface area (Å²) in [6.07, 6.45) is 2.55. The number of pyridine rings is 1. The first-order chi connectivity index (χ1) is 9.13. The van der Waals surface area contributed by atoms with Crippen LogP contribution in [0.2, 0.25) is 0 Å². The SMILES string of the molecule is Cc1cc(NCC2CC2)c2cc([N+](=O)[O-])ccc2n1. The molecular formula is C14H15N3O2. The Bertz CT molecular complexity index is 650. The third-order valence-corrected chi connectivity index (χ3v) is 3.41. The molecule has 1 aromatic heterocycles. The van der Waals surface area contributed by atoms with Crippen molar-refractivity contribution in [3.63, 3.8) is 0 Å². The van der Waals surface area contributed by atoms with Crippen molar-refractivity contribution in [2.45, 2.75) is 19.8 Å². The fourth-order valence-corrected chi connectivity index (χ4v) is 2.18. The van der Waals surface area contributed by atoms with Crippen molar-refractivity contribution in [3.8, 4) is 0 Å². The number of nitro groups is 1. The lowest BCUT2D eigenvalue weighted by atomic mass is 10.1. The van der Waals surface area contributed by atoms with Crippen LogP contribution >= 0.6 is 0 Å². The zero-order chi connectivity index (χ0) is 13.4. The minimum absolute atomic E-state index is 0.104. The molecule has 1 aliphatic carbocycles. The summed E-state index contributed by atoms with van der Waals surface area (Å²) in [5.41, 5.74) is 2.76. The van der Waals surface area contributed by atoms with E-state index >= 15 is 0 Å². The standard InChI is InChI=1S/C14H15N3O2/c1-9-6-14(15-8-10-2-3-10)12-7-11(17(18)19)4-5-13(12)16-9/h4-7,10H,2-3,8H2,1H3,(H,15,16). The van der Waals surface area contributed by atoms with Crippen molar-refractivity contribution in [2.24, 2.45) is 5.92 Å². The fraction of sp³-hybridized carbons (Fsp3) is 0.357. The number of aryl methyl sites for hydroxylation is 1. The number of fused-ring (bicyclic) bond motifs is 1. The highest BCUT2D eigenvalue weighted by Crippen LogP contribution is 2.31. The minimum Gasteiger partial charge on any atom is -0.384 e. The van der Waals surface area contributed by atoms with E-state index in [2.05, 4.69) is 10.3 Å². The van der Waals surface area contributed by atoms with Gasteiger partial charge in [-0.2, -0.15) is 0 Å². The van der Waals surface area contributed by atoms with Crippen LogP contribution in [0.5, 0.6) is 0 Å². The average molecular weight is 257 g/mol. The molecule has 1 saturated carbocycles. The highest BCUT2D eigenvalue weighted by molar-refractivity contribution is 5.93. The molecule has 0 unspecified atom stereocenters. The van der Waals surface area contributed by atoms with E-state index in [-0.39, 0.29) is 10.6 Å². The molecule has 1 heterocycles. The van der Waals surface area contributed by atoms with Crippen LogP contribution < -0.4 is 5.32 Å². The topological polar surface area (TPSA) is 68.1 Å². The van der Waals surface area contributed by atoms with Crippen molar-refractivity contribution in [1.29, 1.82) is 0 Å². The van der Waals surface area contributed by atoms with Crippen LogP contribution in [0.25, 0.3) is 10.9 Å². The molecule has 1 N–H and O–H groups in total. The molecule has 98 valence electrons. The van der Waals surface area contributed by atoms with Gasteiger partial charge in [0.05, 0.1) is 10.4 Å². The predicted molar refractivity (Wildman–Crippen MR) is 74.3 cm³/mol. The molecule has 19 heavy (non-hydrogen) atoms. The van der Waals surface area contributed by atoms with Gasteiger partial charge in [0.1, 0.15) is 0 Å². The van der Waals surface area contributed by atoms with Crippen LogP contribution in [0, 0.1) is 23.0 Å². The number of hydrogen-bond donors (Lipinski definition) is 1. The summed E-state index contributed by atoms with van der Waals surface area (Å²) in [4.78, 5) is 14.9. The zero-order valence-electron chi connectivity index (χ0n) is 10.7. The van der Waals surface area contributed by atoms with E-state index in [0.717, 1.165) is 34.7 Å². The Hall–Kier alpha value is -2.17. The second-order valence-electron chi connectivity index (χ2n) is 5.09. The van der Waals surface area contributed by atoms with Crippen molar-refractivity contribution < 1.29 is 4.92 Å². The van der Waals surface area contributed by atoms with Crippen LogP contribution in [-0.4, -0.2) is 16.5 Å². The number of nitro benzene ring substituents is 1. The quantitative estimate of drug-likeness (QED) is 0.674. The third kappa shape index (κ3) is 2.50. The van der Waals surface area contributed by atoms with Gasteiger partial charge in [-0.3, -0.25) is 15.1 Å². The Balaban J connectivity index is 2.05. The molecule has 2 aromatic rings. The minimum atomic E-state index is -0.371. The Morgan fingerprint density at radius 3 is 2.89 bits per heavy atom. The van der Waals surface area contributed by atoms with Gasteiger partial charge in [0.2, 0.25) is 0 Å². The summed E-state index contributed by atoms with van der Waals surface area (Å²) in [6.45, 7) is 2.87. The molecule has 0 bridgehead atoms. The maximum Gasteiger partial charge on any atom is 0.270 e. The lowest BCUT2D eigenvalue weighted by molar-refractivity contribution is -0.384. The second kappa shape index (κ2) is 4.50. The summed E-state index contributed by atoms with van der Waals surface area (Å²) in [6, 6.07) is 6.76. The van der Waals surface area contributed by atoms with E-state index in [1.165, 1.54) is 18.9 Å². The van der Waals surface area contributed by atoms with Crippen molar-refractivity contribution in [3.05, 3.63) is 40.1 Å². The Morgan fingerprint density at radius 1 is 1.42 bits per heavy atom. The molecule has 0 amide bonds. The van der Waals surface area contributed by atoms with E-state index in [9.17, 15) is 10.1 Å². The molecule has 3 rings (SSSR count). The Kier molecular flexibility index (Phi) is 2.81. The molecule has 1 aliphatic rings. The summed E-state index contributed by atoms with van der Waals surface area (Å²) in [5.74, 6) is 0.752. The molecule has 5 heteroatoms. The van der Waals surface area contributed by atoms with Gasteiger partial charge in [-0.25, -0.2) is 0 Å². The number of hydrogen-bond acceptors (Lipinski definition) is 4. The largest absolute Gasteiger partial charge is 0.384 e. The van der Waals surface area contributed by atoms with Crippen molar-refractivity contribution >= 4 is 22.3 Å². The van der Waals surface area contributed by atoms with E-state index in [4.69, 9.17) is 0 Å². The summed E-state index contributed by atoms with van der Waals surface area (Å²) < 4.78 is 0. The molecule has 0 saturated heterocycles. The molecule has 0 spiro atoms. The van der Waals surface area contributed by atoms with Crippen molar-refractivity contribution in [1.82, 2.24) is 4.98 Å². The van der Waals surface area contributed by atoms with Crippen LogP contribution in [0.4, 0.5) is 11.4 Å². The summed E-state index contributed by atoms with van der Waals surface area (Å²) in [7, 11) is 0. The van der Waals surface area contributed by atoms with E-state index < -0.39 is 0 Å². The number of aromatic nitrogens is 1. The van der Waals surface area contributed by atoms with Crippen LogP contribution in [0.1, 0.15) is 18.5 Å². The summed E-state index contributed by atoms with van der Waals surface area (Å²) in [5, 5.41) is 15.1. The smallest absolute Gasteiger partial charge is 0.270 e. The summed E-state index contributed by atoms with van der Waals surface area (Å²) >= 11 is 0. The molecule has 5 nitrogen and oxygen atoms in total. The number of nitrogens with one attached hydrogen (secondary N) is 1. The number of nitrogens with zero attached hydrogens (tertiary/aromatic N) is 2. The molecule has 0 radical (unpaired) electrons. The first-order valence-electron chi connectivity index (χ1n) is 6.43. The number of non-ortho nitro benzene ring substituents is 1. The van der Waals surface area contributed by atoms with Gasteiger partial charge >= 0.3 is 0 Å². The van der Waals surface area contributed by atoms with Crippen LogP contribution in [0.3, 0.4) is 0 Å². The normalized spacial score (nSPS) is 14.6. The van der Waals surface area contributed by atoms with Gasteiger partial charge in [0.15, 0.2) is 0 Å². The number of rotatable bonds is 4. The Morgan fingerprint density at radius 2 is 2.21 bits per heavy atom. The lowest BCUT2D eigenvalue weighted by Crippen LogP contribution is -2.04. The highest BCUT2D eigenvalue weighted by Gasteiger charge is 2.21. The van der Waals surface area contributed by atoms with Crippen LogP contribution in [0.15, 0.2) is 24.3 Å².